The van der Waals surface area contributed by atoms with Gasteiger partial charge in [-0.1, -0.05) is 0 Å². The topological polar surface area (TPSA) is 20.3 Å². The van der Waals surface area contributed by atoms with Crippen molar-refractivity contribution in [3.63, 3.8) is 0 Å². The van der Waals surface area contributed by atoms with Crippen molar-refractivity contribution < 1.29 is 13.6 Å². The summed E-state index contributed by atoms with van der Waals surface area (Å²) in [6, 6.07) is 4.35. The van der Waals surface area contributed by atoms with E-state index in [9.17, 15) is 13.6 Å². The number of thiophene rings is 1. The van der Waals surface area contributed by atoms with Gasteiger partial charge in [0.2, 0.25) is 5.91 Å². The number of halogens is 2. The molecule has 0 saturated heterocycles. The Morgan fingerprint density at radius 3 is 2.86 bits per heavy atom. The maximum absolute atomic E-state index is 13.4. The lowest BCUT2D eigenvalue weighted by atomic mass is 10.0. The number of benzene rings is 1. The van der Waals surface area contributed by atoms with Gasteiger partial charge in [-0.15, -0.1) is 0 Å². The second kappa shape index (κ2) is 5.93. The van der Waals surface area contributed by atoms with Crippen molar-refractivity contribution in [2.24, 2.45) is 0 Å². The van der Waals surface area contributed by atoms with E-state index in [4.69, 9.17) is 0 Å². The lowest BCUT2D eigenvalue weighted by Crippen LogP contribution is -2.35. The molecular formula is C16H15F2NOS. The van der Waals surface area contributed by atoms with E-state index in [1.165, 1.54) is 6.07 Å². The summed E-state index contributed by atoms with van der Waals surface area (Å²) in [6.45, 7) is 0.570. The molecule has 5 heteroatoms. The van der Waals surface area contributed by atoms with Gasteiger partial charge in [0.05, 0.1) is 0 Å². The minimum Gasteiger partial charge on any atom is -0.312 e. The first-order chi connectivity index (χ1) is 10.1. The summed E-state index contributed by atoms with van der Waals surface area (Å²) in [4.78, 5) is 14.0. The Labute approximate surface area is 126 Å². The Balaban J connectivity index is 1.77. The molecule has 2 heterocycles. The van der Waals surface area contributed by atoms with E-state index in [0.29, 0.717) is 37.1 Å². The van der Waals surface area contributed by atoms with Gasteiger partial charge < -0.3 is 4.90 Å². The first kappa shape index (κ1) is 14.2. The third-order valence-electron chi connectivity index (χ3n) is 3.75. The minimum absolute atomic E-state index is 0.0341. The second-order valence-electron chi connectivity index (χ2n) is 5.18. The maximum atomic E-state index is 13.4. The number of amides is 1. The van der Waals surface area contributed by atoms with Gasteiger partial charge in [-0.2, -0.15) is 11.3 Å². The van der Waals surface area contributed by atoms with E-state index in [1.807, 2.05) is 16.8 Å². The van der Waals surface area contributed by atoms with Crippen molar-refractivity contribution in [2.45, 2.75) is 25.7 Å². The molecule has 1 amide bonds. The number of aryl methyl sites for hydroxylation is 2. The number of hydrogen-bond donors (Lipinski definition) is 0. The van der Waals surface area contributed by atoms with Gasteiger partial charge in [0.25, 0.3) is 0 Å². The summed E-state index contributed by atoms with van der Waals surface area (Å²) in [5.41, 5.74) is 2.37. The van der Waals surface area contributed by atoms with Crippen LogP contribution in [0, 0.1) is 11.6 Å². The zero-order valence-electron chi connectivity index (χ0n) is 11.4. The lowest BCUT2D eigenvalue weighted by molar-refractivity contribution is -0.118. The fourth-order valence-electron chi connectivity index (χ4n) is 2.66. The van der Waals surface area contributed by atoms with Gasteiger partial charge in [-0.25, -0.2) is 8.78 Å². The normalized spacial score (nSPS) is 14.1. The summed E-state index contributed by atoms with van der Waals surface area (Å²) >= 11 is 1.60. The summed E-state index contributed by atoms with van der Waals surface area (Å²) in [5, 5.41) is 4.00. The molecule has 0 N–H and O–H groups in total. The molecule has 1 aliphatic rings. The molecule has 1 aromatic carbocycles. The minimum atomic E-state index is -0.897. The van der Waals surface area contributed by atoms with Crippen LogP contribution in [0.25, 0.3) is 0 Å². The van der Waals surface area contributed by atoms with Crippen LogP contribution in [-0.4, -0.2) is 12.5 Å². The van der Waals surface area contributed by atoms with Crippen LogP contribution in [0.5, 0.6) is 0 Å². The van der Waals surface area contributed by atoms with Crippen molar-refractivity contribution in [3.8, 4) is 0 Å². The Kier molecular flexibility index (Phi) is 4.01. The fourth-order valence-corrected chi connectivity index (χ4v) is 3.36. The molecule has 0 spiro atoms. The van der Waals surface area contributed by atoms with Crippen molar-refractivity contribution in [1.82, 2.24) is 0 Å². The van der Waals surface area contributed by atoms with Crippen LogP contribution >= 0.6 is 11.3 Å². The predicted octanol–water partition coefficient (Wildman–Crippen LogP) is 3.94. The molecule has 2 aromatic rings. The molecule has 0 aliphatic carbocycles. The van der Waals surface area contributed by atoms with E-state index in [2.05, 4.69) is 0 Å². The molecule has 110 valence electrons. The zero-order chi connectivity index (χ0) is 14.8. The highest BCUT2D eigenvalue weighted by atomic mass is 32.1. The zero-order valence-corrected chi connectivity index (χ0v) is 12.3. The largest absolute Gasteiger partial charge is 0.312 e. The summed E-state index contributed by atoms with van der Waals surface area (Å²) < 4.78 is 26.7. The van der Waals surface area contributed by atoms with Crippen LogP contribution < -0.4 is 4.90 Å². The van der Waals surface area contributed by atoms with Crippen molar-refractivity contribution >= 4 is 22.9 Å². The van der Waals surface area contributed by atoms with Crippen LogP contribution in [-0.2, 0) is 17.6 Å². The van der Waals surface area contributed by atoms with E-state index >= 15 is 0 Å². The highest BCUT2D eigenvalue weighted by Gasteiger charge is 2.24. The lowest BCUT2D eigenvalue weighted by Gasteiger charge is -2.29. The fraction of sp³-hybridized carbons (Fsp3) is 0.312. The number of anilines is 1. The van der Waals surface area contributed by atoms with Gasteiger partial charge in [0.1, 0.15) is 0 Å². The molecule has 0 fully saturated rings. The Morgan fingerprint density at radius 2 is 2.10 bits per heavy atom. The third kappa shape index (κ3) is 2.97. The summed E-state index contributed by atoms with van der Waals surface area (Å²) in [6.07, 6.45) is 2.52. The highest BCUT2D eigenvalue weighted by molar-refractivity contribution is 7.07. The van der Waals surface area contributed by atoms with Gasteiger partial charge in [0.15, 0.2) is 11.6 Å². The average Bonchev–Trinajstić information content (AvgIpc) is 2.99. The molecule has 0 saturated carbocycles. The van der Waals surface area contributed by atoms with Crippen molar-refractivity contribution in [1.29, 1.82) is 0 Å². The average molecular weight is 307 g/mol. The molecule has 21 heavy (non-hydrogen) atoms. The summed E-state index contributed by atoms with van der Waals surface area (Å²) in [5.74, 6) is -1.78. The summed E-state index contributed by atoms with van der Waals surface area (Å²) in [7, 11) is 0. The Hall–Kier alpha value is -1.75. The first-order valence-corrected chi connectivity index (χ1v) is 7.89. The van der Waals surface area contributed by atoms with Crippen LogP contribution in [0.3, 0.4) is 0 Å². The number of carbonyl (C=O) groups is 1. The Bertz CT molecular complexity index is 655. The first-order valence-electron chi connectivity index (χ1n) is 6.94. The van der Waals surface area contributed by atoms with Crippen LogP contribution in [0.4, 0.5) is 14.5 Å². The smallest absolute Gasteiger partial charge is 0.227 e. The van der Waals surface area contributed by atoms with E-state index < -0.39 is 11.6 Å². The van der Waals surface area contributed by atoms with Crippen molar-refractivity contribution in [2.75, 3.05) is 11.4 Å². The standard InChI is InChI=1S/C16H15F2NOS/c17-13-8-12-2-1-6-19(15(12)9-14(13)18)16(20)4-3-11-5-7-21-10-11/h5,7-10H,1-4,6H2. The van der Waals surface area contributed by atoms with Crippen LogP contribution in [0.15, 0.2) is 29.0 Å². The number of fused-ring (bicyclic) bond motifs is 1. The quantitative estimate of drug-likeness (QED) is 0.841. The monoisotopic (exact) mass is 307 g/mol. The van der Waals surface area contributed by atoms with Crippen molar-refractivity contribution in [3.05, 3.63) is 51.7 Å². The molecule has 1 aliphatic heterocycles. The number of rotatable bonds is 3. The molecule has 1 aromatic heterocycles. The molecule has 2 nitrogen and oxygen atoms in total. The Morgan fingerprint density at radius 1 is 1.29 bits per heavy atom. The van der Waals surface area contributed by atoms with Gasteiger partial charge in [0, 0.05) is 24.7 Å². The number of hydrogen-bond acceptors (Lipinski definition) is 2. The third-order valence-corrected chi connectivity index (χ3v) is 4.48. The number of carbonyl (C=O) groups excluding carboxylic acids is 1. The SMILES string of the molecule is O=C(CCc1ccsc1)N1CCCc2cc(F)c(F)cc21. The van der Waals surface area contributed by atoms with E-state index in [1.54, 1.807) is 16.2 Å². The second-order valence-corrected chi connectivity index (χ2v) is 5.96. The predicted molar refractivity (Wildman–Crippen MR) is 79.7 cm³/mol. The maximum Gasteiger partial charge on any atom is 0.227 e. The number of nitrogens with zero attached hydrogens (tertiary/aromatic N) is 1. The molecule has 0 atom stereocenters. The van der Waals surface area contributed by atoms with Gasteiger partial charge in [-0.05, 0) is 53.3 Å². The highest BCUT2D eigenvalue weighted by Crippen LogP contribution is 2.30. The van der Waals surface area contributed by atoms with E-state index in [-0.39, 0.29) is 5.91 Å². The molecule has 0 radical (unpaired) electrons. The van der Waals surface area contributed by atoms with Crippen LogP contribution in [0.1, 0.15) is 24.0 Å². The van der Waals surface area contributed by atoms with E-state index in [0.717, 1.165) is 18.1 Å². The molecular weight excluding hydrogens is 292 g/mol. The molecule has 0 bridgehead atoms. The molecule has 0 unspecified atom stereocenters. The van der Waals surface area contributed by atoms with Gasteiger partial charge >= 0.3 is 0 Å². The van der Waals surface area contributed by atoms with Crippen LogP contribution in [0.2, 0.25) is 0 Å². The molecule has 3 rings (SSSR count). The van der Waals surface area contributed by atoms with Gasteiger partial charge in [-0.3, -0.25) is 4.79 Å².